The van der Waals surface area contributed by atoms with Crippen molar-refractivity contribution < 1.29 is 0 Å². The van der Waals surface area contributed by atoms with Gasteiger partial charge in [0.15, 0.2) is 0 Å². The molecule has 7 heteroatoms. The molecule has 0 bridgehead atoms. The van der Waals surface area contributed by atoms with E-state index in [1.165, 1.54) is 96.6 Å². The first kappa shape index (κ1) is 27.6. The molecule has 3 N–H and O–H groups in total. The van der Waals surface area contributed by atoms with Crippen LogP contribution in [-0.4, -0.2) is 59.1 Å². The third-order valence-corrected chi connectivity index (χ3v) is 6.42. The Morgan fingerprint density at radius 2 is 0.939 bits per heavy atom. The fourth-order valence-corrected chi connectivity index (χ4v) is 4.33. The van der Waals surface area contributed by atoms with Crippen LogP contribution < -0.4 is 16.0 Å². The third-order valence-electron chi connectivity index (χ3n) is 6.42. The molecule has 33 heavy (non-hydrogen) atoms. The molecule has 1 aromatic rings. The minimum absolute atomic E-state index is 0.676. The highest BCUT2D eigenvalue weighted by molar-refractivity contribution is 5.42. The number of rotatable bonds is 21. The van der Waals surface area contributed by atoms with E-state index in [1.54, 1.807) is 0 Å². The van der Waals surface area contributed by atoms with Gasteiger partial charge in [-0.2, -0.15) is 15.0 Å². The Morgan fingerprint density at radius 1 is 0.545 bits per heavy atom. The van der Waals surface area contributed by atoms with Gasteiger partial charge in [-0.05, 0) is 38.8 Å². The lowest BCUT2D eigenvalue weighted by Crippen LogP contribution is -2.26. The minimum atomic E-state index is 0.676. The lowest BCUT2D eigenvalue weighted by atomic mass is 10.1. The van der Waals surface area contributed by atoms with E-state index in [0.717, 1.165) is 39.0 Å². The number of likely N-dealkylation sites (tertiary alicyclic amines) is 1. The van der Waals surface area contributed by atoms with Crippen LogP contribution >= 0.6 is 0 Å². The lowest BCUT2D eigenvalue weighted by molar-refractivity contribution is 0.352. The van der Waals surface area contributed by atoms with Crippen molar-refractivity contribution in [2.45, 2.75) is 110 Å². The van der Waals surface area contributed by atoms with E-state index in [0.29, 0.717) is 17.8 Å². The Kier molecular flexibility index (Phi) is 15.7. The summed E-state index contributed by atoms with van der Waals surface area (Å²) in [6.45, 7) is 10.7. The highest BCUT2D eigenvalue weighted by atomic mass is 15.3. The van der Waals surface area contributed by atoms with Crippen LogP contribution in [0, 0.1) is 0 Å². The zero-order valence-corrected chi connectivity index (χ0v) is 21.6. The Labute approximate surface area is 203 Å². The average molecular weight is 462 g/mol. The van der Waals surface area contributed by atoms with Crippen molar-refractivity contribution in [3.05, 3.63) is 0 Å². The van der Waals surface area contributed by atoms with E-state index in [2.05, 4.69) is 49.6 Å². The zero-order valence-electron chi connectivity index (χ0n) is 21.6. The van der Waals surface area contributed by atoms with E-state index in [1.807, 2.05) is 0 Å². The molecule has 0 radical (unpaired) electrons. The molecule has 190 valence electrons. The number of nitrogens with zero attached hydrogens (tertiary/aromatic N) is 4. The zero-order chi connectivity index (χ0) is 23.4. The summed E-state index contributed by atoms with van der Waals surface area (Å²) in [6.07, 6.45) is 19.6. The van der Waals surface area contributed by atoms with E-state index < -0.39 is 0 Å². The molecule has 1 aliphatic rings. The quantitative estimate of drug-likeness (QED) is 0.185. The maximum Gasteiger partial charge on any atom is 0.229 e. The standard InChI is InChI=1S/C26H51N7/c1-3-5-7-9-10-11-12-13-15-19-28-25-30-24(27-18-14-8-6-4-2)31-26(32-25)29-20-23-33-21-16-17-22-33/h3-23H2,1-2H3,(H3,27,28,29,30,31,32). The summed E-state index contributed by atoms with van der Waals surface area (Å²) in [4.78, 5) is 16.4. The van der Waals surface area contributed by atoms with Gasteiger partial charge in [0.2, 0.25) is 17.8 Å². The predicted octanol–water partition coefficient (Wildman–Crippen LogP) is 6.31. The molecular weight excluding hydrogens is 410 g/mol. The summed E-state index contributed by atoms with van der Waals surface area (Å²) in [5.74, 6) is 2.04. The lowest BCUT2D eigenvalue weighted by Gasteiger charge is -2.15. The van der Waals surface area contributed by atoms with Gasteiger partial charge in [-0.25, -0.2) is 0 Å². The molecule has 0 saturated carbocycles. The number of anilines is 3. The molecule has 1 fully saturated rings. The van der Waals surface area contributed by atoms with Crippen molar-refractivity contribution in [2.24, 2.45) is 0 Å². The maximum absolute atomic E-state index is 4.63. The Balaban J connectivity index is 1.71. The van der Waals surface area contributed by atoms with Crippen molar-refractivity contribution >= 4 is 17.8 Å². The van der Waals surface area contributed by atoms with Crippen LogP contribution in [0.2, 0.25) is 0 Å². The maximum atomic E-state index is 4.63. The Morgan fingerprint density at radius 3 is 1.42 bits per heavy atom. The highest BCUT2D eigenvalue weighted by Crippen LogP contribution is 2.13. The van der Waals surface area contributed by atoms with Crippen molar-refractivity contribution in [3.8, 4) is 0 Å². The molecule has 1 aromatic heterocycles. The van der Waals surface area contributed by atoms with E-state index in [9.17, 15) is 0 Å². The van der Waals surface area contributed by atoms with Gasteiger partial charge in [0.25, 0.3) is 0 Å². The molecule has 1 saturated heterocycles. The first-order valence-corrected chi connectivity index (χ1v) is 14.0. The fourth-order valence-electron chi connectivity index (χ4n) is 4.33. The molecule has 2 heterocycles. The minimum Gasteiger partial charge on any atom is -0.354 e. The van der Waals surface area contributed by atoms with Crippen LogP contribution in [0.1, 0.15) is 110 Å². The van der Waals surface area contributed by atoms with Crippen molar-refractivity contribution in [1.82, 2.24) is 19.9 Å². The first-order chi connectivity index (χ1) is 16.3. The number of aromatic nitrogens is 3. The van der Waals surface area contributed by atoms with E-state index in [-0.39, 0.29) is 0 Å². The van der Waals surface area contributed by atoms with Crippen molar-refractivity contribution in [2.75, 3.05) is 55.2 Å². The van der Waals surface area contributed by atoms with Crippen molar-refractivity contribution in [3.63, 3.8) is 0 Å². The van der Waals surface area contributed by atoms with Crippen LogP contribution in [0.3, 0.4) is 0 Å². The SMILES string of the molecule is CCCCCCCCCCCNc1nc(NCCCCCC)nc(NCCN2CCCC2)n1. The predicted molar refractivity (Wildman–Crippen MR) is 142 cm³/mol. The normalized spacial score (nSPS) is 14.0. The van der Waals surface area contributed by atoms with Crippen LogP contribution in [0.5, 0.6) is 0 Å². The second kappa shape index (κ2) is 18.8. The van der Waals surface area contributed by atoms with Crippen LogP contribution in [-0.2, 0) is 0 Å². The molecule has 0 aliphatic carbocycles. The van der Waals surface area contributed by atoms with Gasteiger partial charge < -0.3 is 20.9 Å². The number of nitrogens with one attached hydrogen (secondary N) is 3. The number of hydrogen-bond donors (Lipinski definition) is 3. The van der Waals surface area contributed by atoms with E-state index >= 15 is 0 Å². The molecule has 2 rings (SSSR count). The number of hydrogen-bond acceptors (Lipinski definition) is 7. The monoisotopic (exact) mass is 461 g/mol. The van der Waals surface area contributed by atoms with E-state index in [4.69, 9.17) is 0 Å². The topological polar surface area (TPSA) is 78.0 Å². The smallest absolute Gasteiger partial charge is 0.229 e. The molecule has 0 aromatic carbocycles. The summed E-state index contributed by atoms with van der Waals surface area (Å²) in [6, 6.07) is 0. The summed E-state index contributed by atoms with van der Waals surface area (Å²) < 4.78 is 0. The van der Waals surface area contributed by atoms with Gasteiger partial charge >= 0.3 is 0 Å². The largest absolute Gasteiger partial charge is 0.354 e. The summed E-state index contributed by atoms with van der Waals surface area (Å²) >= 11 is 0. The molecular formula is C26H51N7. The van der Waals surface area contributed by atoms with Crippen LogP contribution in [0.25, 0.3) is 0 Å². The molecule has 1 aliphatic heterocycles. The Hall–Kier alpha value is -1.63. The second-order valence-corrected chi connectivity index (χ2v) is 9.52. The second-order valence-electron chi connectivity index (χ2n) is 9.52. The molecule has 7 nitrogen and oxygen atoms in total. The van der Waals surface area contributed by atoms with Crippen LogP contribution in [0.4, 0.5) is 17.8 Å². The van der Waals surface area contributed by atoms with Gasteiger partial charge in [0.05, 0.1) is 0 Å². The third kappa shape index (κ3) is 13.6. The van der Waals surface area contributed by atoms with Gasteiger partial charge in [0, 0.05) is 26.2 Å². The molecule has 0 unspecified atom stereocenters. The molecule has 0 amide bonds. The summed E-state index contributed by atoms with van der Waals surface area (Å²) in [5, 5.41) is 10.3. The van der Waals surface area contributed by atoms with Gasteiger partial charge in [-0.15, -0.1) is 0 Å². The van der Waals surface area contributed by atoms with Crippen molar-refractivity contribution in [1.29, 1.82) is 0 Å². The Bertz CT molecular complexity index is 590. The summed E-state index contributed by atoms with van der Waals surface area (Å²) in [7, 11) is 0. The fraction of sp³-hybridized carbons (Fsp3) is 0.885. The van der Waals surface area contributed by atoms with Gasteiger partial charge in [0.1, 0.15) is 0 Å². The average Bonchev–Trinajstić information content (AvgIpc) is 3.34. The van der Waals surface area contributed by atoms with Crippen LogP contribution in [0.15, 0.2) is 0 Å². The number of unbranched alkanes of at least 4 members (excludes halogenated alkanes) is 11. The van der Waals surface area contributed by atoms with Gasteiger partial charge in [-0.1, -0.05) is 84.5 Å². The molecule has 0 spiro atoms. The van der Waals surface area contributed by atoms with Gasteiger partial charge in [-0.3, -0.25) is 0 Å². The summed E-state index contributed by atoms with van der Waals surface area (Å²) in [5.41, 5.74) is 0. The first-order valence-electron chi connectivity index (χ1n) is 14.0. The molecule has 0 atom stereocenters. The highest BCUT2D eigenvalue weighted by Gasteiger charge is 2.11.